The van der Waals surface area contributed by atoms with E-state index in [4.69, 9.17) is 4.74 Å². The molecule has 15 heteroatoms. The Morgan fingerprint density at radius 1 is 1.05 bits per heavy atom. The molecule has 10 nitrogen and oxygen atoms in total. The molecule has 0 saturated carbocycles. The van der Waals surface area contributed by atoms with Crippen LogP contribution in [0.3, 0.4) is 0 Å². The van der Waals surface area contributed by atoms with E-state index in [2.05, 4.69) is 10.4 Å². The number of amides is 1. The normalized spacial score (nSPS) is 14.3. The number of nitrogens with zero attached hydrogens (tertiary/aromatic N) is 3. The molecule has 0 radical (unpaired) electrons. The van der Waals surface area contributed by atoms with E-state index in [1.165, 1.54) is 34.0 Å². The van der Waals surface area contributed by atoms with Crippen molar-refractivity contribution in [2.75, 3.05) is 25.0 Å². The summed E-state index contributed by atoms with van der Waals surface area (Å²) in [5.41, 5.74) is -1.92. The second-order valence-electron chi connectivity index (χ2n) is 9.27. The summed E-state index contributed by atoms with van der Waals surface area (Å²) in [6, 6.07) is 9.00. The van der Waals surface area contributed by atoms with E-state index in [1.54, 1.807) is 6.92 Å². The first-order chi connectivity index (χ1) is 19.9. The summed E-state index contributed by atoms with van der Waals surface area (Å²) < 4.78 is 72.0. The number of ether oxygens (including phenoxy) is 1. The van der Waals surface area contributed by atoms with Gasteiger partial charge in [-0.15, -0.1) is 11.3 Å². The molecule has 0 bridgehead atoms. The van der Waals surface area contributed by atoms with Gasteiger partial charge in [0.1, 0.15) is 5.00 Å². The van der Waals surface area contributed by atoms with Gasteiger partial charge in [-0.05, 0) is 68.3 Å². The van der Waals surface area contributed by atoms with Crippen molar-refractivity contribution < 1.29 is 35.9 Å². The smallest absolute Gasteiger partial charge is 0.416 e. The Morgan fingerprint density at radius 2 is 1.69 bits per heavy atom. The first-order valence-corrected chi connectivity index (χ1v) is 15.0. The van der Waals surface area contributed by atoms with Gasteiger partial charge < -0.3 is 10.1 Å². The quantitative estimate of drug-likeness (QED) is 0.297. The number of hydrogen-bond donors (Lipinski definition) is 1. The highest BCUT2D eigenvalue weighted by molar-refractivity contribution is 7.89. The lowest BCUT2D eigenvalue weighted by atomic mass is 10.2. The predicted octanol–water partition coefficient (Wildman–Crippen LogP) is 4.68. The standard InChI is InChI=1S/C27H23F3N4O6S2/c1-2-40-26(37)22-20-15-41-24(21(20)25(36)34(32-22)18-9-7-17(8-10-18)27(28,29)30)31-23(35)16-5-11-19(12-6-16)42(38,39)33-13-3-4-14-33/h5-12,15H,2-4,13-14H2,1H3,(H,31,35). The Hall–Kier alpha value is -4.08. The number of thiophene rings is 1. The summed E-state index contributed by atoms with van der Waals surface area (Å²) in [5, 5.41) is 8.19. The molecule has 1 saturated heterocycles. The summed E-state index contributed by atoms with van der Waals surface area (Å²) in [6.07, 6.45) is -3.04. The Kier molecular flexibility index (Phi) is 7.92. The van der Waals surface area contributed by atoms with Crippen LogP contribution in [-0.4, -0.2) is 54.1 Å². The fraction of sp³-hybridized carbons (Fsp3) is 0.259. The summed E-state index contributed by atoms with van der Waals surface area (Å²) in [6.45, 7) is 2.44. The average molecular weight is 621 g/mol. The number of carbonyl (C=O) groups is 2. The molecule has 0 unspecified atom stereocenters. The Morgan fingerprint density at radius 3 is 2.29 bits per heavy atom. The van der Waals surface area contributed by atoms with E-state index in [9.17, 15) is 36.0 Å². The molecule has 5 rings (SSSR count). The highest BCUT2D eigenvalue weighted by atomic mass is 32.2. The molecular formula is C27H23F3N4O6S2. The number of sulfonamides is 1. The molecule has 0 aliphatic carbocycles. The van der Waals surface area contributed by atoms with E-state index in [-0.39, 0.29) is 44.2 Å². The van der Waals surface area contributed by atoms with E-state index in [0.29, 0.717) is 13.1 Å². The number of fused-ring (bicyclic) bond motifs is 1. The third kappa shape index (κ3) is 5.54. The number of aromatic nitrogens is 2. The van der Waals surface area contributed by atoms with Gasteiger partial charge in [0.15, 0.2) is 5.69 Å². The highest BCUT2D eigenvalue weighted by Crippen LogP contribution is 2.32. The molecule has 3 heterocycles. The topological polar surface area (TPSA) is 128 Å². The number of alkyl halides is 3. The largest absolute Gasteiger partial charge is 0.461 e. The van der Waals surface area contributed by atoms with Crippen LogP contribution in [0.5, 0.6) is 0 Å². The third-order valence-corrected chi connectivity index (χ3v) is 9.42. The van der Waals surface area contributed by atoms with Gasteiger partial charge in [0.05, 0.1) is 28.1 Å². The number of anilines is 1. The van der Waals surface area contributed by atoms with Crippen LogP contribution in [0.15, 0.2) is 63.6 Å². The molecule has 42 heavy (non-hydrogen) atoms. The predicted molar refractivity (Wildman–Crippen MR) is 149 cm³/mol. The van der Waals surface area contributed by atoms with Crippen LogP contribution in [0.25, 0.3) is 16.5 Å². The number of benzene rings is 2. The van der Waals surface area contributed by atoms with E-state index < -0.39 is 39.2 Å². The van der Waals surface area contributed by atoms with Crippen molar-refractivity contribution in [3.63, 3.8) is 0 Å². The molecule has 4 aromatic rings. The van der Waals surface area contributed by atoms with Crippen molar-refractivity contribution in [1.29, 1.82) is 0 Å². The van der Waals surface area contributed by atoms with Crippen molar-refractivity contribution in [1.82, 2.24) is 14.1 Å². The monoisotopic (exact) mass is 620 g/mol. The van der Waals surface area contributed by atoms with Crippen molar-refractivity contribution in [2.45, 2.75) is 30.8 Å². The first-order valence-electron chi connectivity index (χ1n) is 12.7. The number of nitrogens with one attached hydrogen (secondary N) is 1. The van der Waals surface area contributed by atoms with Crippen LogP contribution in [0, 0.1) is 0 Å². The van der Waals surface area contributed by atoms with Gasteiger partial charge in [-0.3, -0.25) is 9.59 Å². The number of hydrogen-bond acceptors (Lipinski definition) is 8. The van der Waals surface area contributed by atoms with Crippen LogP contribution in [0.4, 0.5) is 18.2 Å². The zero-order valence-corrected chi connectivity index (χ0v) is 23.6. The second-order valence-corrected chi connectivity index (χ2v) is 12.1. The van der Waals surface area contributed by atoms with Crippen molar-refractivity contribution in [3.8, 4) is 5.69 Å². The Balaban J connectivity index is 1.51. The first kappa shape index (κ1) is 29.4. The maximum Gasteiger partial charge on any atom is 0.416 e. The van der Waals surface area contributed by atoms with Gasteiger partial charge >= 0.3 is 12.1 Å². The summed E-state index contributed by atoms with van der Waals surface area (Å²) in [4.78, 5) is 39.4. The molecule has 2 aromatic carbocycles. The molecule has 0 atom stereocenters. The minimum absolute atomic E-state index is 0.00137. The zero-order valence-electron chi connectivity index (χ0n) is 22.0. The number of halogens is 3. The summed E-state index contributed by atoms with van der Waals surface area (Å²) in [5.74, 6) is -1.52. The fourth-order valence-corrected chi connectivity index (χ4v) is 6.94. The minimum Gasteiger partial charge on any atom is -0.461 e. The molecule has 1 fully saturated rings. The van der Waals surface area contributed by atoms with Crippen molar-refractivity contribution >= 4 is 49.0 Å². The van der Waals surface area contributed by atoms with Crippen molar-refractivity contribution in [3.05, 3.63) is 81.1 Å². The summed E-state index contributed by atoms with van der Waals surface area (Å²) in [7, 11) is -3.68. The molecule has 1 N–H and O–H groups in total. The molecule has 1 amide bonds. The Bertz CT molecular complexity index is 1830. The number of esters is 1. The maximum atomic E-state index is 13.5. The lowest BCUT2D eigenvalue weighted by molar-refractivity contribution is -0.137. The molecule has 1 aliphatic heterocycles. The van der Waals surface area contributed by atoms with Crippen LogP contribution in [0.1, 0.15) is 46.2 Å². The lowest BCUT2D eigenvalue weighted by Crippen LogP contribution is -2.27. The number of carbonyl (C=O) groups excluding carboxylic acids is 2. The van der Waals surface area contributed by atoms with Crippen LogP contribution < -0.4 is 10.9 Å². The van der Waals surface area contributed by atoms with Gasteiger partial charge in [-0.1, -0.05) is 0 Å². The molecule has 0 spiro atoms. The van der Waals surface area contributed by atoms with E-state index in [1.807, 2.05) is 0 Å². The second kappa shape index (κ2) is 11.3. The fourth-order valence-electron chi connectivity index (χ4n) is 4.49. The maximum absolute atomic E-state index is 13.5. The van der Waals surface area contributed by atoms with Gasteiger partial charge in [-0.25, -0.2) is 13.2 Å². The van der Waals surface area contributed by atoms with E-state index in [0.717, 1.165) is 53.1 Å². The SMILES string of the molecule is CCOC(=O)c1nn(-c2ccc(C(F)(F)F)cc2)c(=O)c2c(NC(=O)c3ccc(S(=O)(=O)N4CCCC4)cc3)scc12. The van der Waals surface area contributed by atoms with Gasteiger partial charge in [0.2, 0.25) is 10.0 Å². The zero-order chi connectivity index (χ0) is 30.2. The van der Waals surface area contributed by atoms with Gasteiger partial charge in [0.25, 0.3) is 11.5 Å². The van der Waals surface area contributed by atoms with Crippen LogP contribution in [-0.2, 0) is 20.9 Å². The van der Waals surface area contributed by atoms with Gasteiger partial charge in [0, 0.05) is 29.4 Å². The van der Waals surface area contributed by atoms with Crippen LogP contribution >= 0.6 is 11.3 Å². The Labute approximate surface area is 241 Å². The minimum atomic E-state index is -4.60. The van der Waals surface area contributed by atoms with E-state index >= 15 is 0 Å². The third-order valence-electron chi connectivity index (χ3n) is 6.61. The molecule has 220 valence electrons. The highest BCUT2D eigenvalue weighted by Gasteiger charge is 2.31. The molecular weight excluding hydrogens is 597 g/mol. The molecule has 1 aliphatic rings. The number of rotatable bonds is 7. The lowest BCUT2D eigenvalue weighted by Gasteiger charge is -2.15. The van der Waals surface area contributed by atoms with Crippen molar-refractivity contribution in [2.24, 2.45) is 0 Å². The van der Waals surface area contributed by atoms with Gasteiger partial charge in [-0.2, -0.15) is 27.3 Å². The van der Waals surface area contributed by atoms with Crippen LogP contribution in [0.2, 0.25) is 0 Å². The summed E-state index contributed by atoms with van der Waals surface area (Å²) >= 11 is 0.939. The average Bonchev–Trinajstić information content (AvgIpc) is 3.65. The molecule has 2 aromatic heterocycles.